The van der Waals surface area contributed by atoms with Gasteiger partial charge in [0.05, 0.1) is 13.2 Å². The third-order valence-electron chi connectivity index (χ3n) is 4.16. The van der Waals surface area contributed by atoms with E-state index in [9.17, 15) is 8.42 Å². The summed E-state index contributed by atoms with van der Waals surface area (Å²) in [5.41, 5.74) is 0.892. The van der Waals surface area contributed by atoms with E-state index in [4.69, 9.17) is 13.7 Å². The predicted octanol–water partition coefficient (Wildman–Crippen LogP) is 3.18. The van der Waals surface area contributed by atoms with Crippen LogP contribution in [0, 0.1) is 5.92 Å². The summed E-state index contributed by atoms with van der Waals surface area (Å²) in [5, 5.41) is 0. The van der Waals surface area contributed by atoms with Crippen molar-refractivity contribution >= 4 is 10.1 Å². The van der Waals surface area contributed by atoms with Gasteiger partial charge in [0.15, 0.2) is 0 Å². The van der Waals surface area contributed by atoms with Crippen molar-refractivity contribution in [2.45, 2.75) is 24.2 Å². The van der Waals surface area contributed by atoms with E-state index < -0.39 is 10.1 Å². The lowest BCUT2D eigenvalue weighted by molar-refractivity contribution is 0.299. The SMILES string of the molecule is O=S(=O)(Oc1ccc(OCC2CC2)cc1)c1ccc2c(c1)CCO2. The van der Waals surface area contributed by atoms with Crippen molar-refractivity contribution in [2.75, 3.05) is 13.2 Å². The highest BCUT2D eigenvalue weighted by molar-refractivity contribution is 7.87. The molecule has 1 heterocycles. The predicted molar refractivity (Wildman–Crippen MR) is 88.1 cm³/mol. The minimum atomic E-state index is -3.86. The second-order valence-corrected chi connectivity index (χ2v) is 7.68. The lowest BCUT2D eigenvalue weighted by atomic mass is 10.2. The Morgan fingerprint density at radius 1 is 1.04 bits per heavy atom. The summed E-state index contributed by atoms with van der Waals surface area (Å²) < 4.78 is 41.1. The second kappa shape index (κ2) is 6.02. The number of fused-ring (bicyclic) bond motifs is 1. The lowest BCUT2D eigenvalue weighted by Crippen LogP contribution is -2.10. The molecule has 1 saturated carbocycles. The highest BCUT2D eigenvalue weighted by atomic mass is 32.2. The normalized spacial score (nSPS) is 16.3. The highest BCUT2D eigenvalue weighted by Gasteiger charge is 2.22. The summed E-state index contributed by atoms with van der Waals surface area (Å²) >= 11 is 0. The Bertz CT molecular complexity index is 838. The molecule has 0 unspecified atom stereocenters. The zero-order valence-corrected chi connectivity index (χ0v) is 13.9. The topological polar surface area (TPSA) is 61.8 Å². The fraction of sp³-hybridized carbons (Fsp3) is 0.333. The maximum absolute atomic E-state index is 12.4. The van der Waals surface area contributed by atoms with E-state index in [2.05, 4.69) is 0 Å². The van der Waals surface area contributed by atoms with Crippen LogP contribution in [0.4, 0.5) is 0 Å². The fourth-order valence-electron chi connectivity index (χ4n) is 2.58. The molecule has 24 heavy (non-hydrogen) atoms. The minimum absolute atomic E-state index is 0.140. The Balaban J connectivity index is 1.46. The minimum Gasteiger partial charge on any atom is -0.493 e. The number of benzene rings is 2. The lowest BCUT2D eigenvalue weighted by Gasteiger charge is -2.09. The van der Waals surface area contributed by atoms with Crippen LogP contribution in [0.5, 0.6) is 17.2 Å². The summed E-state index contributed by atoms with van der Waals surface area (Å²) in [6.07, 6.45) is 3.17. The first-order valence-electron chi connectivity index (χ1n) is 8.03. The van der Waals surface area contributed by atoms with E-state index in [0.717, 1.165) is 23.7 Å². The number of hydrogen-bond donors (Lipinski definition) is 0. The van der Waals surface area contributed by atoms with Gasteiger partial charge in [0.2, 0.25) is 0 Å². The van der Waals surface area contributed by atoms with Crippen molar-refractivity contribution in [1.29, 1.82) is 0 Å². The van der Waals surface area contributed by atoms with Gasteiger partial charge in [0.25, 0.3) is 0 Å². The van der Waals surface area contributed by atoms with Crippen LogP contribution in [0.2, 0.25) is 0 Å². The summed E-state index contributed by atoms with van der Waals surface area (Å²) in [4.78, 5) is 0.140. The first-order chi connectivity index (χ1) is 11.6. The smallest absolute Gasteiger partial charge is 0.339 e. The quantitative estimate of drug-likeness (QED) is 0.752. The summed E-state index contributed by atoms with van der Waals surface area (Å²) in [5.74, 6) is 2.41. The Morgan fingerprint density at radius 3 is 2.54 bits per heavy atom. The maximum Gasteiger partial charge on any atom is 0.339 e. The molecule has 0 bridgehead atoms. The molecule has 5 nitrogen and oxygen atoms in total. The van der Waals surface area contributed by atoms with Crippen LogP contribution in [-0.4, -0.2) is 21.6 Å². The Morgan fingerprint density at radius 2 is 1.79 bits per heavy atom. The van der Waals surface area contributed by atoms with E-state index in [1.54, 1.807) is 36.4 Å². The molecule has 1 aliphatic carbocycles. The van der Waals surface area contributed by atoms with Crippen LogP contribution in [0.1, 0.15) is 18.4 Å². The molecule has 0 N–H and O–H groups in total. The second-order valence-electron chi connectivity index (χ2n) is 6.13. The van der Waals surface area contributed by atoms with Gasteiger partial charge in [0.1, 0.15) is 22.1 Å². The van der Waals surface area contributed by atoms with E-state index in [0.29, 0.717) is 18.9 Å². The molecule has 6 heteroatoms. The Hall–Kier alpha value is -2.21. The van der Waals surface area contributed by atoms with Crippen molar-refractivity contribution in [3.8, 4) is 17.2 Å². The van der Waals surface area contributed by atoms with Gasteiger partial charge in [-0.2, -0.15) is 8.42 Å². The summed E-state index contributed by atoms with van der Waals surface area (Å²) in [7, 11) is -3.86. The van der Waals surface area contributed by atoms with E-state index in [-0.39, 0.29) is 10.6 Å². The van der Waals surface area contributed by atoms with E-state index in [1.165, 1.54) is 18.9 Å². The standard InChI is InChI=1S/C18H18O5S/c19-24(20,17-7-8-18-14(11-17)9-10-21-18)23-16-5-3-15(4-6-16)22-12-13-1-2-13/h3-8,11,13H,1-2,9-10,12H2. The molecular formula is C18H18O5S. The van der Waals surface area contributed by atoms with Crippen molar-refractivity contribution in [3.05, 3.63) is 48.0 Å². The third kappa shape index (κ3) is 3.33. The van der Waals surface area contributed by atoms with Gasteiger partial charge < -0.3 is 13.7 Å². The zero-order chi connectivity index (χ0) is 16.6. The number of ether oxygens (including phenoxy) is 2. The van der Waals surface area contributed by atoms with Gasteiger partial charge in [-0.1, -0.05) is 0 Å². The molecule has 0 spiro atoms. The Labute approximate surface area is 141 Å². The van der Waals surface area contributed by atoms with Crippen LogP contribution in [0.15, 0.2) is 47.4 Å². The van der Waals surface area contributed by atoms with Gasteiger partial charge in [-0.05, 0) is 66.8 Å². The zero-order valence-electron chi connectivity index (χ0n) is 13.1. The molecule has 0 saturated heterocycles. The molecule has 0 aromatic heterocycles. The van der Waals surface area contributed by atoms with Crippen molar-refractivity contribution in [3.63, 3.8) is 0 Å². The maximum atomic E-state index is 12.4. The first-order valence-corrected chi connectivity index (χ1v) is 9.44. The van der Waals surface area contributed by atoms with Gasteiger partial charge >= 0.3 is 10.1 Å². The number of rotatable bonds is 6. The molecule has 2 aromatic rings. The molecule has 0 atom stereocenters. The monoisotopic (exact) mass is 346 g/mol. The van der Waals surface area contributed by atoms with Gasteiger partial charge in [-0.15, -0.1) is 0 Å². The van der Waals surface area contributed by atoms with Gasteiger partial charge in [-0.25, -0.2) is 0 Å². The van der Waals surface area contributed by atoms with Crippen LogP contribution in [0.3, 0.4) is 0 Å². The van der Waals surface area contributed by atoms with Gasteiger partial charge in [0, 0.05) is 6.42 Å². The third-order valence-corrected chi connectivity index (χ3v) is 5.41. The molecule has 126 valence electrons. The van der Waals surface area contributed by atoms with Crippen LogP contribution < -0.4 is 13.7 Å². The summed E-state index contributed by atoms with van der Waals surface area (Å²) in [6, 6.07) is 11.5. The number of hydrogen-bond acceptors (Lipinski definition) is 5. The molecule has 0 amide bonds. The fourth-order valence-corrected chi connectivity index (χ4v) is 3.57. The van der Waals surface area contributed by atoms with Crippen LogP contribution in [-0.2, 0) is 16.5 Å². The van der Waals surface area contributed by atoms with Crippen LogP contribution in [0.25, 0.3) is 0 Å². The molecule has 1 fully saturated rings. The molecule has 0 radical (unpaired) electrons. The van der Waals surface area contributed by atoms with Crippen LogP contribution >= 0.6 is 0 Å². The largest absolute Gasteiger partial charge is 0.493 e. The molecular weight excluding hydrogens is 328 g/mol. The average molecular weight is 346 g/mol. The molecule has 2 aromatic carbocycles. The van der Waals surface area contributed by atoms with E-state index >= 15 is 0 Å². The molecule has 4 rings (SSSR count). The highest BCUT2D eigenvalue weighted by Crippen LogP contribution is 2.31. The van der Waals surface area contributed by atoms with Crippen molar-refractivity contribution < 1.29 is 22.1 Å². The van der Waals surface area contributed by atoms with Crippen molar-refractivity contribution in [2.24, 2.45) is 5.92 Å². The van der Waals surface area contributed by atoms with Crippen molar-refractivity contribution in [1.82, 2.24) is 0 Å². The molecule has 1 aliphatic heterocycles. The molecule has 2 aliphatic rings. The van der Waals surface area contributed by atoms with E-state index in [1.807, 2.05) is 0 Å². The average Bonchev–Trinajstić information content (AvgIpc) is 3.28. The Kier molecular flexibility index (Phi) is 3.84. The first kappa shape index (κ1) is 15.3. The summed E-state index contributed by atoms with van der Waals surface area (Å²) in [6.45, 7) is 1.30. The van der Waals surface area contributed by atoms with Gasteiger partial charge in [-0.3, -0.25) is 0 Å².